The number of cyclic esters (lactones) is 1. The minimum absolute atomic E-state index is 0.00254. The molecule has 1 unspecified atom stereocenters. The quantitative estimate of drug-likeness (QED) is 0.118. The minimum atomic E-state index is -1.89. The summed E-state index contributed by atoms with van der Waals surface area (Å²) in [5, 5.41) is 50.6. The molecule has 6 aromatic rings. The molecule has 1 saturated heterocycles. The number of benzene rings is 3. The molecule has 4 N–H and O–H groups in total. The molecule has 9 rings (SSSR count). The Labute approximate surface area is 373 Å². The number of phenols is 3. The lowest BCUT2D eigenvalue weighted by atomic mass is 9.85. The summed E-state index contributed by atoms with van der Waals surface area (Å²) in [5.74, 6) is -1.72. The van der Waals surface area contributed by atoms with Crippen LogP contribution in [0.2, 0.25) is 0 Å². The lowest BCUT2D eigenvalue weighted by molar-refractivity contribution is -0.189. The van der Waals surface area contributed by atoms with E-state index >= 15 is 0 Å². The fraction of sp³-hybridized carbons (Fsp3) is 0.354. The van der Waals surface area contributed by atoms with Crippen molar-refractivity contribution in [3.05, 3.63) is 104 Å². The molecule has 3 aromatic heterocycles. The number of carbonyl (C=O) groups is 3. The van der Waals surface area contributed by atoms with E-state index in [2.05, 4.69) is 15.1 Å². The predicted octanol–water partition coefficient (Wildman–Crippen LogP) is 5.51. The number of aromatic nitrogens is 5. The topological polar surface area (TPSA) is 223 Å². The number of piperazine rings is 1. The number of rotatable bonds is 11. The standard InChI is InChI=1S/C48H49N7O10/c1-5-30-32-19-29(56)11-12-37(32)49-43-34(30)24-54-38(43)21-36-35(45(54)61)25-64-46(62)48(36,6-2)65-42(60)14-13-41(59)53-17-15-52(16-18-53)23-27-7-9-28(10-8-27)55-44(50-51-47(55)63)33-20-31(26(3)4)39(57)22-40(33)58/h7-12,19-22,26,56-58H,5-6,13-18,23-25H2,1-4H3,(H,51,63). The molecule has 1 fully saturated rings. The van der Waals surface area contributed by atoms with E-state index in [1.807, 2.05) is 45.0 Å². The second kappa shape index (κ2) is 16.7. The molecule has 0 saturated carbocycles. The van der Waals surface area contributed by atoms with Gasteiger partial charge in [-0.2, -0.15) is 0 Å². The summed E-state index contributed by atoms with van der Waals surface area (Å²) in [7, 11) is 0. The van der Waals surface area contributed by atoms with Gasteiger partial charge in [0.05, 0.1) is 46.7 Å². The van der Waals surface area contributed by atoms with Gasteiger partial charge in [0.25, 0.3) is 5.56 Å². The van der Waals surface area contributed by atoms with Crippen LogP contribution in [0.4, 0.5) is 0 Å². The molecule has 3 aliphatic heterocycles. The maximum Gasteiger partial charge on any atom is 0.355 e. The molecule has 1 amide bonds. The van der Waals surface area contributed by atoms with E-state index in [0.29, 0.717) is 72.9 Å². The van der Waals surface area contributed by atoms with Crippen LogP contribution in [0.3, 0.4) is 0 Å². The molecule has 0 bridgehead atoms. The molecule has 1 atom stereocenters. The summed E-state index contributed by atoms with van der Waals surface area (Å²) in [5.41, 5.74) is 4.24. The SMILES string of the molecule is CCc1c2c(nc3ccc(O)cc13)-c1cc3c(c(=O)n1C2)COC(=O)C3(CC)OC(=O)CCC(=O)N1CCN(Cc2ccc(-n3c(O)nnc3-c3cc(C(C)C)c(O)cc3O)cc2)CC1. The monoisotopic (exact) mass is 883 g/mol. The van der Waals surface area contributed by atoms with Gasteiger partial charge >= 0.3 is 17.9 Å². The van der Waals surface area contributed by atoms with Gasteiger partial charge in [0.2, 0.25) is 11.5 Å². The lowest BCUT2D eigenvalue weighted by Crippen LogP contribution is -2.49. The first-order valence-electron chi connectivity index (χ1n) is 21.8. The Bertz CT molecular complexity index is 2970. The Morgan fingerprint density at radius 1 is 0.877 bits per heavy atom. The number of hydrogen-bond acceptors (Lipinski definition) is 14. The lowest BCUT2D eigenvalue weighted by Gasteiger charge is -2.36. The highest BCUT2D eigenvalue weighted by Gasteiger charge is 2.50. The van der Waals surface area contributed by atoms with Gasteiger partial charge < -0.3 is 39.4 Å². The highest BCUT2D eigenvalue weighted by Crippen LogP contribution is 2.43. The van der Waals surface area contributed by atoms with E-state index in [-0.39, 0.29) is 90.0 Å². The first kappa shape index (κ1) is 43.0. The van der Waals surface area contributed by atoms with Crippen LogP contribution in [0.5, 0.6) is 23.3 Å². The molecule has 17 nitrogen and oxygen atoms in total. The molecule has 0 spiro atoms. The summed E-state index contributed by atoms with van der Waals surface area (Å²) < 4.78 is 14.5. The number of aromatic hydroxyl groups is 4. The van der Waals surface area contributed by atoms with Crippen LogP contribution < -0.4 is 5.56 Å². The molecular formula is C48H49N7O10. The molecule has 6 heterocycles. The van der Waals surface area contributed by atoms with Crippen LogP contribution in [0, 0.1) is 0 Å². The number of amides is 1. The van der Waals surface area contributed by atoms with Crippen molar-refractivity contribution in [2.24, 2.45) is 0 Å². The van der Waals surface area contributed by atoms with Crippen molar-refractivity contribution in [3.63, 3.8) is 0 Å². The maximum atomic E-state index is 14.1. The summed E-state index contributed by atoms with van der Waals surface area (Å²) >= 11 is 0. The van der Waals surface area contributed by atoms with E-state index in [0.717, 1.165) is 22.1 Å². The third-order valence-corrected chi connectivity index (χ3v) is 12.9. The van der Waals surface area contributed by atoms with E-state index in [4.69, 9.17) is 14.5 Å². The molecule has 336 valence electrons. The van der Waals surface area contributed by atoms with Crippen molar-refractivity contribution < 1.29 is 44.3 Å². The Hall–Kier alpha value is -7.27. The average molecular weight is 884 g/mol. The highest BCUT2D eigenvalue weighted by molar-refractivity contribution is 5.91. The number of aryl methyl sites for hydroxylation is 1. The van der Waals surface area contributed by atoms with Gasteiger partial charge in [0.15, 0.2) is 5.82 Å². The largest absolute Gasteiger partial charge is 0.508 e. The van der Waals surface area contributed by atoms with Gasteiger partial charge in [-0.1, -0.05) is 44.9 Å². The number of pyridine rings is 2. The summed E-state index contributed by atoms with van der Waals surface area (Å²) in [4.78, 5) is 63.4. The van der Waals surface area contributed by atoms with Crippen molar-refractivity contribution in [1.29, 1.82) is 0 Å². The van der Waals surface area contributed by atoms with E-state index in [1.165, 1.54) is 10.6 Å². The zero-order valence-electron chi connectivity index (χ0n) is 36.5. The molecular weight excluding hydrogens is 835 g/mol. The minimum Gasteiger partial charge on any atom is -0.508 e. The maximum absolute atomic E-state index is 14.1. The van der Waals surface area contributed by atoms with Crippen LogP contribution in [0.25, 0.3) is 39.4 Å². The highest BCUT2D eigenvalue weighted by atomic mass is 16.6. The van der Waals surface area contributed by atoms with Crippen molar-refractivity contribution in [2.45, 2.75) is 84.6 Å². The van der Waals surface area contributed by atoms with E-state index < -0.39 is 17.5 Å². The first-order chi connectivity index (χ1) is 31.2. The average Bonchev–Trinajstić information content (AvgIpc) is 3.86. The van der Waals surface area contributed by atoms with Crippen molar-refractivity contribution in [2.75, 3.05) is 26.2 Å². The molecule has 0 aliphatic carbocycles. The van der Waals surface area contributed by atoms with Gasteiger partial charge in [0, 0.05) is 61.7 Å². The van der Waals surface area contributed by atoms with E-state index in [9.17, 15) is 39.6 Å². The number of esters is 2. The number of phenolic OH excluding ortho intramolecular Hbond substituents is 3. The summed E-state index contributed by atoms with van der Waals surface area (Å²) in [6.45, 7) is 10.1. The van der Waals surface area contributed by atoms with Crippen molar-refractivity contribution >= 4 is 28.7 Å². The third kappa shape index (κ3) is 7.48. The zero-order chi connectivity index (χ0) is 45.9. The second-order valence-corrected chi connectivity index (χ2v) is 17.1. The molecule has 65 heavy (non-hydrogen) atoms. The Morgan fingerprint density at radius 2 is 1.63 bits per heavy atom. The van der Waals surface area contributed by atoms with Gasteiger partial charge in [-0.3, -0.25) is 19.3 Å². The van der Waals surface area contributed by atoms with Gasteiger partial charge in [0.1, 0.15) is 23.9 Å². The van der Waals surface area contributed by atoms with Crippen LogP contribution in [0.15, 0.2) is 65.5 Å². The van der Waals surface area contributed by atoms with Crippen LogP contribution in [0.1, 0.15) is 86.3 Å². The smallest absolute Gasteiger partial charge is 0.355 e. The fourth-order valence-electron chi connectivity index (χ4n) is 9.41. The molecule has 3 aliphatic rings. The van der Waals surface area contributed by atoms with Crippen LogP contribution in [-0.4, -0.2) is 98.6 Å². The molecule has 0 radical (unpaired) electrons. The first-order valence-corrected chi connectivity index (χ1v) is 21.8. The number of nitrogens with zero attached hydrogens (tertiary/aromatic N) is 7. The number of hydrogen-bond donors (Lipinski definition) is 4. The van der Waals surface area contributed by atoms with Gasteiger partial charge in [-0.15, -0.1) is 5.10 Å². The molecule has 17 heteroatoms. The fourth-order valence-corrected chi connectivity index (χ4v) is 9.41. The van der Waals surface area contributed by atoms with Crippen LogP contribution in [-0.2, 0) is 55.6 Å². The Kier molecular flexibility index (Phi) is 11.0. The second-order valence-electron chi connectivity index (χ2n) is 17.1. The number of fused-ring (bicyclic) bond motifs is 5. The number of carbonyl (C=O) groups excluding carboxylic acids is 3. The molecule has 3 aromatic carbocycles. The summed E-state index contributed by atoms with van der Waals surface area (Å²) in [6, 6.07) is 16.7. The summed E-state index contributed by atoms with van der Waals surface area (Å²) in [6.07, 6.45) is 0.218. The van der Waals surface area contributed by atoms with E-state index in [1.54, 1.807) is 46.7 Å². The van der Waals surface area contributed by atoms with Crippen molar-refractivity contribution in [1.82, 2.24) is 34.1 Å². The number of ether oxygens (including phenoxy) is 2. The normalized spacial score (nSPS) is 16.9. The predicted molar refractivity (Wildman–Crippen MR) is 236 cm³/mol. The Morgan fingerprint density at radius 3 is 2.34 bits per heavy atom. The Balaban J connectivity index is 0.835. The third-order valence-electron chi connectivity index (χ3n) is 12.9. The zero-order valence-corrected chi connectivity index (χ0v) is 36.5. The van der Waals surface area contributed by atoms with Crippen LogP contribution >= 0.6 is 0 Å². The van der Waals surface area contributed by atoms with Gasteiger partial charge in [-0.25, -0.2) is 14.3 Å². The van der Waals surface area contributed by atoms with Crippen molar-refractivity contribution in [3.8, 4) is 51.7 Å². The van der Waals surface area contributed by atoms with Gasteiger partial charge in [-0.05, 0) is 77.9 Å².